The van der Waals surface area contributed by atoms with Gasteiger partial charge in [0.15, 0.2) is 0 Å². The van der Waals surface area contributed by atoms with Crippen LogP contribution in [0, 0.1) is 6.92 Å². The third-order valence-electron chi connectivity index (χ3n) is 5.15. The van der Waals surface area contributed by atoms with E-state index in [1.165, 1.54) is 11.0 Å². The second kappa shape index (κ2) is 8.39. The van der Waals surface area contributed by atoms with Crippen molar-refractivity contribution in [1.29, 1.82) is 0 Å². The van der Waals surface area contributed by atoms with Crippen LogP contribution in [-0.2, 0) is 17.1 Å². The lowest BCUT2D eigenvalue weighted by atomic mass is 9.97. The number of hydrogen-bond acceptors (Lipinski definition) is 4. The Bertz CT molecular complexity index is 979. The van der Waals surface area contributed by atoms with E-state index in [4.69, 9.17) is 4.74 Å². The number of aryl methyl sites for hydroxylation is 2. The summed E-state index contributed by atoms with van der Waals surface area (Å²) in [5, 5.41) is 0. The summed E-state index contributed by atoms with van der Waals surface area (Å²) in [5.74, 6) is 0.714. The number of pyridine rings is 1. The minimum Gasteiger partial charge on any atom is -0.490 e. The summed E-state index contributed by atoms with van der Waals surface area (Å²) in [5.41, 5.74) is 2.66. The molecule has 0 unspecified atom stereocenters. The van der Waals surface area contributed by atoms with Crippen molar-refractivity contribution in [3.63, 3.8) is 0 Å². The number of sulfonamides is 1. The Balaban J connectivity index is 2.05. The molecule has 0 radical (unpaired) electrons. The maximum absolute atomic E-state index is 12.1. The lowest BCUT2D eigenvalue weighted by Gasteiger charge is -2.25. The third kappa shape index (κ3) is 4.76. The van der Waals surface area contributed by atoms with Crippen LogP contribution in [0.4, 0.5) is 5.69 Å². The molecule has 1 aliphatic rings. The summed E-state index contributed by atoms with van der Waals surface area (Å²) in [6.07, 6.45) is 7.53. The van der Waals surface area contributed by atoms with Crippen molar-refractivity contribution < 1.29 is 13.2 Å². The number of nitrogens with one attached hydrogen (secondary N) is 1. The van der Waals surface area contributed by atoms with E-state index in [9.17, 15) is 13.2 Å². The number of aromatic nitrogens is 1. The van der Waals surface area contributed by atoms with Gasteiger partial charge in [0.05, 0.1) is 11.9 Å². The third-order valence-corrected chi connectivity index (χ3v) is 6.46. The minimum absolute atomic E-state index is 0.00159. The molecule has 0 amide bonds. The fraction of sp³-hybridized carbons (Fsp3) is 0.476. The lowest BCUT2D eigenvalue weighted by Crippen LogP contribution is -2.21. The van der Waals surface area contributed by atoms with E-state index in [1.807, 2.05) is 12.1 Å². The number of rotatable bonds is 6. The highest BCUT2D eigenvalue weighted by atomic mass is 32.2. The number of benzene rings is 1. The summed E-state index contributed by atoms with van der Waals surface area (Å²) in [7, 11) is -1.67. The van der Waals surface area contributed by atoms with Gasteiger partial charge >= 0.3 is 0 Å². The molecule has 1 aromatic heterocycles. The second-order valence-corrected chi connectivity index (χ2v) is 9.43. The molecule has 1 N–H and O–H groups in total. The van der Waals surface area contributed by atoms with Crippen LogP contribution < -0.4 is 15.0 Å². The molecular weight excluding hydrogens is 376 g/mol. The first-order valence-electron chi connectivity index (χ1n) is 9.78. The van der Waals surface area contributed by atoms with Crippen molar-refractivity contribution in [2.75, 3.05) is 10.5 Å². The van der Waals surface area contributed by atoms with Crippen LogP contribution in [0.5, 0.6) is 5.75 Å². The minimum atomic E-state index is -3.38. The molecule has 152 valence electrons. The summed E-state index contributed by atoms with van der Waals surface area (Å²) < 4.78 is 34.4. The highest BCUT2D eigenvalue weighted by Gasteiger charge is 2.19. The van der Waals surface area contributed by atoms with Crippen LogP contribution in [0.2, 0.25) is 0 Å². The Morgan fingerprint density at radius 1 is 1.18 bits per heavy atom. The van der Waals surface area contributed by atoms with E-state index < -0.39 is 10.0 Å². The number of anilines is 1. The predicted octanol–water partition coefficient (Wildman–Crippen LogP) is 3.83. The van der Waals surface area contributed by atoms with Gasteiger partial charge in [-0.15, -0.1) is 0 Å². The summed E-state index contributed by atoms with van der Waals surface area (Å²) in [6, 6.07) is 7.15. The molecule has 1 heterocycles. The predicted molar refractivity (Wildman–Crippen MR) is 112 cm³/mol. The van der Waals surface area contributed by atoms with E-state index in [0.717, 1.165) is 36.8 Å². The van der Waals surface area contributed by atoms with Gasteiger partial charge in [-0.25, -0.2) is 8.42 Å². The Morgan fingerprint density at radius 3 is 2.54 bits per heavy atom. The highest BCUT2D eigenvalue weighted by molar-refractivity contribution is 7.92. The molecular formula is C21H28N2O4S. The van der Waals surface area contributed by atoms with Crippen LogP contribution >= 0.6 is 0 Å². The van der Waals surface area contributed by atoms with Crippen LogP contribution in [-0.4, -0.2) is 24.8 Å². The van der Waals surface area contributed by atoms with Crippen molar-refractivity contribution in [2.24, 2.45) is 7.05 Å². The molecule has 0 bridgehead atoms. The van der Waals surface area contributed by atoms with E-state index in [1.54, 1.807) is 39.2 Å². The van der Waals surface area contributed by atoms with Gasteiger partial charge in [0.25, 0.3) is 5.56 Å². The molecule has 0 aliphatic heterocycles. The van der Waals surface area contributed by atoms with E-state index in [0.29, 0.717) is 17.0 Å². The Labute approximate surface area is 166 Å². The first-order valence-corrected chi connectivity index (χ1v) is 11.4. The van der Waals surface area contributed by atoms with Crippen molar-refractivity contribution in [3.05, 3.63) is 46.4 Å². The van der Waals surface area contributed by atoms with Gasteiger partial charge in [0, 0.05) is 35.6 Å². The van der Waals surface area contributed by atoms with E-state index >= 15 is 0 Å². The molecule has 0 spiro atoms. The molecule has 1 fully saturated rings. The van der Waals surface area contributed by atoms with Crippen LogP contribution in [0.15, 0.2) is 35.3 Å². The van der Waals surface area contributed by atoms with Gasteiger partial charge < -0.3 is 9.30 Å². The molecule has 2 aromatic rings. The van der Waals surface area contributed by atoms with Gasteiger partial charge in [-0.1, -0.05) is 6.42 Å². The molecule has 28 heavy (non-hydrogen) atoms. The van der Waals surface area contributed by atoms with Gasteiger partial charge in [-0.2, -0.15) is 0 Å². The zero-order valence-corrected chi connectivity index (χ0v) is 17.5. The van der Waals surface area contributed by atoms with Crippen molar-refractivity contribution in [2.45, 2.75) is 52.1 Å². The quantitative estimate of drug-likeness (QED) is 0.794. The molecule has 7 heteroatoms. The largest absolute Gasteiger partial charge is 0.490 e. The fourth-order valence-corrected chi connectivity index (χ4v) is 4.19. The molecule has 1 saturated carbocycles. The maximum atomic E-state index is 12.1. The highest BCUT2D eigenvalue weighted by Crippen LogP contribution is 2.35. The van der Waals surface area contributed by atoms with Crippen LogP contribution in [0.1, 0.15) is 44.6 Å². The normalized spacial score (nSPS) is 15.4. The summed E-state index contributed by atoms with van der Waals surface area (Å²) >= 11 is 0. The Morgan fingerprint density at radius 2 is 1.89 bits per heavy atom. The van der Waals surface area contributed by atoms with Gasteiger partial charge in [0.2, 0.25) is 10.0 Å². The standard InChI is InChI=1S/C21H28N2O4S/c1-4-28(25,26)22-17-10-11-20(27-18-8-6-5-7-9-18)19(13-17)16-12-15(2)21(24)23(3)14-16/h10-14,18,22H,4-9H2,1-3H3. The zero-order chi connectivity index (χ0) is 20.3. The summed E-state index contributed by atoms with van der Waals surface area (Å²) in [6.45, 7) is 3.37. The number of nitrogens with zero attached hydrogens (tertiary/aromatic N) is 1. The number of ether oxygens (including phenoxy) is 1. The van der Waals surface area contributed by atoms with Crippen molar-refractivity contribution >= 4 is 15.7 Å². The first kappa shape index (κ1) is 20.5. The molecule has 1 aliphatic carbocycles. The van der Waals surface area contributed by atoms with E-state index in [-0.39, 0.29) is 17.4 Å². The molecule has 0 saturated heterocycles. The van der Waals surface area contributed by atoms with Crippen molar-refractivity contribution in [1.82, 2.24) is 4.57 Å². The second-order valence-electron chi connectivity index (χ2n) is 7.42. The van der Waals surface area contributed by atoms with Gasteiger partial charge in [-0.05, 0) is 63.8 Å². The maximum Gasteiger partial charge on any atom is 0.253 e. The molecule has 0 atom stereocenters. The fourth-order valence-electron chi connectivity index (χ4n) is 3.56. The van der Waals surface area contributed by atoms with Crippen LogP contribution in [0.25, 0.3) is 11.1 Å². The molecule has 6 nitrogen and oxygen atoms in total. The average molecular weight is 405 g/mol. The lowest BCUT2D eigenvalue weighted by molar-refractivity contribution is 0.156. The zero-order valence-electron chi connectivity index (χ0n) is 16.7. The van der Waals surface area contributed by atoms with Gasteiger partial charge in [0.1, 0.15) is 5.75 Å². The van der Waals surface area contributed by atoms with E-state index in [2.05, 4.69) is 4.72 Å². The SMILES string of the molecule is CCS(=O)(=O)Nc1ccc(OC2CCCCC2)c(-c2cc(C)c(=O)n(C)c2)c1. The topological polar surface area (TPSA) is 77.4 Å². The summed E-state index contributed by atoms with van der Waals surface area (Å²) in [4.78, 5) is 12.1. The smallest absolute Gasteiger partial charge is 0.253 e. The molecule has 3 rings (SSSR count). The first-order chi connectivity index (χ1) is 13.3. The Hall–Kier alpha value is -2.28. The average Bonchev–Trinajstić information content (AvgIpc) is 2.67. The van der Waals surface area contributed by atoms with Crippen molar-refractivity contribution in [3.8, 4) is 16.9 Å². The number of hydrogen-bond donors (Lipinski definition) is 1. The monoisotopic (exact) mass is 404 g/mol. The van der Waals surface area contributed by atoms with Crippen LogP contribution in [0.3, 0.4) is 0 Å². The molecule has 1 aromatic carbocycles. The van der Waals surface area contributed by atoms with Gasteiger partial charge in [-0.3, -0.25) is 9.52 Å². The Kier molecular flexibility index (Phi) is 6.13.